The average Bonchev–Trinajstić information content (AvgIpc) is 2.65. The second-order valence-electron chi connectivity index (χ2n) is 5.57. The van der Waals surface area contributed by atoms with Gasteiger partial charge in [-0.3, -0.25) is 4.79 Å². The maximum Gasteiger partial charge on any atom is 0.255 e. The Labute approximate surface area is 127 Å². The highest BCUT2D eigenvalue weighted by molar-refractivity contribution is 14.1. The molecule has 1 aromatic carbocycles. The van der Waals surface area contributed by atoms with E-state index in [1.54, 1.807) is 0 Å². The summed E-state index contributed by atoms with van der Waals surface area (Å²) in [6.07, 6.45) is 3.40. The van der Waals surface area contributed by atoms with E-state index < -0.39 is 0 Å². The lowest BCUT2D eigenvalue weighted by atomic mass is 10.1. The van der Waals surface area contributed by atoms with E-state index in [1.165, 1.54) is 6.42 Å². The molecule has 0 spiro atoms. The lowest BCUT2D eigenvalue weighted by molar-refractivity contribution is 0.0679. The highest BCUT2D eigenvalue weighted by Gasteiger charge is 2.38. The molecule has 4 heteroatoms. The van der Waals surface area contributed by atoms with Crippen LogP contribution >= 0.6 is 22.6 Å². The summed E-state index contributed by atoms with van der Waals surface area (Å²) in [7, 11) is 0. The molecule has 1 aromatic rings. The van der Waals surface area contributed by atoms with Gasteiger partial charge in [-0.15, -0.1) is 0 Å². The fourth-order valence-electron chi connectivity index (χ4n) is 3.26. The maximum atomic E-state index is 12.9. The second kappa shape index (κ2) is 5.40. The molecule has 2 saturated heterocycles. The monoisotopic (exact) mass is 370 g/mol. The van der Waals surface area contributed by atoms with E-state index in [2.05, 4.69) is 38.9 Å². The number of amides is 1. The van der Waals surface area contributed by atoms with E-state index in [0.717, 1.165) is 40.6 Å². The first-order valence-corrected chi connectivity index (χ1v) is 8.04. The third kappa shape index (κ3) is 2.52. The Morgan fingerprint density at radius 2 is 2.11 bits per heavy atom. The molecule has 102 valence electrons. The zero-order chi connectivity index (χ0) is 13.4. The Hall–Kier alpha value is -0.620. The van der Waals surface area contributed by atoms with Crippen molar-refractivity contribution in [2.24, 2.45) is 0 Å². The molecule has 2 fully saturated rings. The van der Waals surface area contributed by atoms with Gasteiger partial charge in [0.15, 0.2) is 0 Å². The molecule has 2 aliphatic rings. The van der Waals surface area contributed by atoms with E-state index in [1.807, 2.05) is 19.1 Å². The molecule has 19 heavy (non-hydrogen) atoms. The lowest BCUT2D eigenvalue weighted by Gasteiger charge is -2.28. The Bertz CT molecular complexity index is 489. The molecule has 0 saturated carbocycles. The van der Waals surface area contributed by atoms with Gasteiger partial charge in [0, 0.05) is 22.2 Å². The highest BCUT2D eigenvalue weighted by atomic mass is 127. The number of rotatable bonds is 1. The Kier molecular flexibility index (Phi) is 3.80. The largest absolute Gasteiger partial charge is 0.331 e. The van der Waals surface area contributed by atoms with Crippen molar-refractivity contribution in [1.29, 1.82) is 0 Å². The van der Waals surface area contributed by atoms with Crippen molar-refractivity contribution >= 4 is 28.5 Å². The number of nitrogens with one attached hydrogen (secondary N) is 1. The van der Waals surface area contributed by atoms with Crippen molar-refractivity contribution in [3.8, 4) is 0 Å². The molecule has 0 aromatic heterocycles. The standard InChI is InChI=1S/C15H19IN2O/c1-10-2-5-14(16)13(8-10)15(19)18-11-3-4-12(18)9-17-7-6-11/h2,5,8,11-12,17H,3-4,6-7,9H2,1H3. The van der Waals surface area contributed by atoms with Crippen LogP contribution in [0.2, 0.25) is 0 Å². The number of hydrogen-bond donors (Lipinski definition) is 1. The first kappa shape index (κ1) is 13.4. The molecule has 3 nitrogen and oxygen atoms in total. The van der Waals surface area contributed by atoms with Gasteiger partial charge in [-0.05, 0) is 67.5 Å². The summed E-state index contributed by atoms with van der Waals surface area (Å²) >= 11 is 2.27. The first-order valence-electron chi connectivity index (χ1n) is 6.96. The van der Waals surface area contributed by atoms with Gasteiger partial charge in [-0.25, -0.2) is 0 Å². The number of carbonyl (C=O) groups excluding carboxylic acids is 1. The van der Waals surface area contributed by atoms with Crippen molar-refractivity contribution in [2.45, 2.75) is 38.3 Å². The maximum absolute atomic E-state index is 12.9. The van der Waals surface area contributed by atoms with Crippen LogP contribution in [-0.4, -0.2) is 36.0 Å². The predicted molar refractivity (Wildman–Crippen MR) is 84.4 cm³/mol. The fraction of sp³-hybridized carbons (Fsp3) is 0.533. The van der Waals surface area contributed by atoms with Gasteiger partial charge in [-0.1, -0.05) is 11.6 Å². The Morgan fingerprint density at radius 3 is 2.95 bits per heavy atom. The van der Waals surface area contributed by atoms with Crippen molar-refractivity contribution in [2.75, 3.05) is 13.1 Å². The van der Waals surface area contributed by atoms with Crippen LogP contribution in [0.4, 0.5) is 0 Å². The molecule has 1 amide bonds. The summed E-state index contributed by atoms with van der Waals surface area (Å²) in [6.45, 7) is 4.03. The van der Waals surface area contributed by atoms with Gasteiger partial charge in [-0.2, -0.15) is 0 Å². The highest BCUT2D eigenvalue weighted by Crippen LogP contribution is 2.30. The summed E-state index contributed by atoms with van der Waals surface area (Å²) in [5.41, 5.74) is 2.03. The summed E-state index contributed by atoms with van der Waals surface area (Å²) < 4.78 is 1.06. The lowest BCUT2D eigenvalue weighted by Crippen LogP contribution is -2.42. The van der Waals surface area contributed by atoms with Crippen LogP contribution in [0.15, 0.2) is 18.2 Å². The van der Waals surface area contributed by atoms with E-state index >= 15 is 0 Å². The summed E-state index contributed by atoms with van der Waals surface area (Å²) in [4.78, 5) is 15.0. The van der Waals surface area contributed by atoms with E-state index in [4.69, 9.17) is 0 Å². The molecule has 1 N–H and O–H groups in total. The molecule has 3 rings (SSSR count). The number of aryl methyl sites for hydroxylation is 1. The number of halogens is 1. The third-order valence-corrected chi connectivity index (χ3v) is 5.18. The summed E-state index contributed by atoms with van der Waals surface area (Å²) in [5.74, 6) is 0.226. The second-order valence-corrected chi connectivity index (χ2v) is 6.74. The molecule has 2 heterocycles. The molecule has 0 aliphatic carbocycles. The normalized spacial score (nSPS) is 26.3. The smallest absolute Gasteiger partial charge is 0.255 e. The molecular weight excluding hydrogens is 351 g/mol. The van der Waals surface area contributed by atoms with E-state index in [-0.39, 0.29) is 5.91 Å². The molecule has 2 bridgehead atoms. The number of nitrogens with zero attached hydrogens (tertiary/aromatic N) is 1. The minimum Gasteiger partial charge on any atom is -0.331 e. The Morgan fingerprint density at radius 1 is 1.32 bits per heavy atom. The molecule has 2 atom stereocenters. The number of fused-ring (bicyclic) bond motifs is 2. The van der Waals surface area contributed by atoms with E-state index in [0.29, 0.717) is 12.1 Å². The van der Waals surface area contributed by atoms with Crippen LogP contribution in [0.1, 0.15) is 35.2 Å². The van der Waals surface area contributed by atoms with Crippen LogP contribution in [0.25, 0.3) is 0 Å². The van der Waals surface area contributed by atoms with Crippen LogP contribution < -0.4 is 5.32 Å². The van der Waals surface area contributed by atoms with Gasteiger partial charge in [0.1, 0.15) is 0 Å². The van der Waals surface area contributed by atoms with Gasteiger partial charge in [0.05, 0.1) is 5.56 Å². The van der Waals surface area contributed by atoms with Crippen LogP contribution in [0.3, 0.4) is 0 Å². The molecule has 2 unspecified atom stereocenters. The van der Waals surface area contributed by atoms with Crippen LogP contribution in [-0.2, 0) is 0 Å². The zero-order valence-electron chi connectivity index (χ0n) is 11.2. The molecular formula is C15H19IN2O. The van der Waals surface area contributed by atoms with Gasteiger partial charge < -0.3 is 10.2 Å². The van der Waals surface area contributed by atoms with E-state index in [9.17, 15) is 4.79 Å². The Balaban J connectivity index is 1.93. The van der Waals surface area contributed by atoms with Gasteiger partial charge in [0.2, 0.25) is 0 Å². The molecule has 0 radical (unpaired) electrons. The molecule has 2 aliphatic heterocycles. The van der Waals surface area contributed by atoms with Gasteiger partial charge in [0.25, 0.3) is 5.91 Å². The number of carbonyl (C=O) groups is 1. The van der Waals surface area contributed by atoms with Crippen molar-refractivity contribution in [3.05, 3.63) is 32.9 Å². The van der Waals surface area contributed by atoms with Crippen LogP contribution in [0.5, 0.6) is 0 Å². The fourth-order valence-corrected chi connectivity index (χ4v) is 3.82. The van der Waals surface area contributed by atoms with Crippen molar-refractivity contribution in [1.82, 2.24) is 10.2 Å². The minimum absolute atomic E-state index is 0.226. The summed E-state index contributed by atoms with van der Waals surface area (Å²) in [5, 5.41) is 3.45. The van der Waals surface area contributed by atoms with Gasteiger partial charge >= 0.3 is 0 Å². The SMILES string of the molecule is Cc1ccc(I)c(C(=O)N2C3CCNCC2CC3)c1. The summed E-state index contributed by atoms with van der Waals surface area (Å²) in [6, 6.07) is 6.96. The first-order chi connectivity index (χ1) is 9.16. The third-order valence-electron chi connectivity index (χ3n) is 4.24. The average molecular weight is 370 g/mol. The zero-order valence-corrected chi connectivity index (χ0v) is 13.3. The quantitative estimate of drug-likeness (QED) is 0.771. The van der Waals surface area contributed by atoms with Crippen LogP contribution in [0, 0.1) is 10.5 Å². The number of hydrogen-bond acceptors (Lipinski definition) is 2. The topological polar surface area (TPSA) is 32.3 Å². The van der Waals surface area contributed by atoms with Crippen molar-refractivity contribution in [3.63, 3.8) is 0 Å². The van der Waals surface area contributed by atoms with Crippen molar-refractivity contribution < 1.29 is 4.79 Å². The minimum atomic E-state index is 0.226. The predicted octanol–water partition coefficient (Wildman–Crippen LogP) is 2.57. The number of benzene rings is 1.